The first kappa shape index (κ1) is 11.2. The average Bonchev–Trinajstić information content (AvgIpc) is 2.30. The minimum Gasteiger partial charge on any atom is -0.381 e. The van der Waals surface area contributed by atoms with Crippen molar-refractivity contribution in [3.63, 3.8) is 0 Å². The Morgan fingerprint density at radius 2 is 2.00 bits per heavy atom. The molecular weight excluding hydrogens is 196 g/mol. The Balaban J connectivity index is 2.39. The minimum absolute atomic E-state index is 0.798. The summed E-state index contributed by atoms with van der Waals surface area (Å²) in [6, 6.07) is 9.88. The van der Waals surface area contributed by atoms with Crippen LogP contribution in [0.4, 0.5) is 0 Å². The van der Waals surface area contributed by atoms with Crippen LogP contribution in [0.3, 0.4) is 0 Å². The second kappa shape index (κ2) is 4.26. The van der Waals surface area contributed by atoms with Crippen LogP contribution in [0.25, 0.3) is 0 Å². The van der Waals surface area contributed by atoms with Gasteiger partial charge in [-0.2, -0.15) is 0 Å². The van der Waals surface area contributed by atoms with Crippen LogP contribution < -0.4 is 0 Å². The van der Waals surface area contributed by atoms with Crippen molar-refractivity contribution >= 4 is 0 Å². The van der Waals surface area contributed by atoms with Gasteiger partial charge >= 0.3 is 0 Å². The van der Waals surface area contributed by atoms with E-state index in [2.05, 4.69) is 6.58 Å². The number of aliphatic hydroxyl groups is 1. The van der Waals surface area contributed by atoms with Gasteiger partial charge in [0.15, 0.2) is 0 Å². The Kier molecular flexibility index (Phi) is 2.97. The number of hydrogen-bond acceptors (Lipinski definition) is 1. The summed E-state index contributed by atoms with van der Waals surface area (Å²) < 4.78 is 0. The maximum absolute atomic E-state index is 10.6. The highest BCUT2D eigenvalue weighted by Crippen LogP contribution is 2.36. The molecule has 0 heterocycles. The molecule has 0 spiro atoms. The first-order valence-electron chi connectivity index (χ1n) is 5.77. The number of allylic oxidation sites excluding steroid dienone is 2. The molecule has 0 amide bonds. The molecule has 16 heavy (non-hydrogen) atoms. The largest absolute Gasteiger partial charge is 0.381 e. The highest BCUT2D eigenvalue weighted by Gasteiger charge is 2.29. The summed E-state index contributed by atoms with van der Waals surface area (Å²) in [5.41, 5.74) is 2.44. The highest BCUT2D eigenvalue weighted by molar-refractivity contribution is 5.36. The van der Waals surface area contributed by atoms with Gasteiger partial charge in [0, 0.05) is 0 Å². The third-order valence-electron chi connectivity index (χ3n) is 3.24. The third-order valence-corrected chi connectivity index (χ3v) is 3.24. The molecular formula is C15H18O. The van der Waals surface area contributed by atoms with Crippen molar-refractivity contribution in [2.45, 2.75) is 31.8 Å². The van der Waals surface area contributed by atoms with E-state index in [0.29, 0.717) is 0 Å². The monoisotopic (exact) mass is 214 g/mol. The highest BCUT2D eigenvalue weighted by atomic mass is 16.3. The second-order valence-electron chi connectivity index (χ2n) is 4.59. The first-order chi connectivity index (χ1) is 7.62. The van der Waals surface area contributed by atoms with Crippen LogP contribution in [-0.2, 0) is 5.60 Å². The summed E-state index contributed by atoms with van der Waals surface area (Å²) in [7, 11) is 0. The van der Waals surface area contributed by atoms with Gasteiger partial charge in [-0.05, 0) is 43.4 Å². The molecule has 1 heteroatoms. The van der Waals surface area contributed by atoms with Gasteiger partial charge in [-0.25, -0.2) is 0 Å². The fraction of sp³-hybridized carbons (Fsp3) is 0.333. The molecule has 0 bridgehead atoms. The van der Waals surface area contributed by atoms with Gasteiger partial charge in [-0.1, -0.05) is 42.5 Å². The maximum atomic E-state index is 10.6. The molecule has 1 aliphatic rings. The number of rotatable bonds is 2. The van der Waals surface area contributed by atoms with E-state index in [1.54, 1.807) is 0 Å². The minimum atomic E-state index is -0.798. The SMILES string of the molecule is C=C(C)C1=CC(O)(c2ccccc2)CCC1. The van der Waals surface area contributed by atoms with Crippen molar-refractivity contribution in [1.29, 1.82) is 0 Å². The Morgan fingerprint density at radius 3 is 2.62 bits per heavy atom. The van der Waals surface area contributed by atoms with Crippen LogP contribution in [0.5, 0.6) is 0 Å². The fourth-order valence-corrected chi connectivity index (χ4v) is 2.27. The lowest BCUT2D eigenvalue weighted by Crippen LogP contribution is -2.26. The van der Waals surface area contributed by atoms with Crippen molar-refractivity contribution in [3.8, 4) is 0 Å². The zero-order valence-electron chi connectivity index (χ0n) is 9.74. The van der Waals surface area contributed by atoms with Crippen molar-refractivity contribution in [3.05, 3.63) is 59.7 Å². The Morgan fingerprint density at radius 1 is 1.31 bits per heavy atom. The number of benzene rings is 1. The summed E-state index contributed by atoms with van der Waals surface area (Å²) in [6.45, 7) is 5.96. The Labute approximate surface area is 97.1 Å². The normalized spacial score (nSPS) is 25.0. The van der Waals surface area contributed by atoms with Gasteiger partial charge in [-0.15, -0.1) is 0 Å². The van der Waals surface area contributed by atoms with Gasteiger partial charge < -0.3 is 5.11 Å². The van der Waals surface area contributed by atoms with Crippen molar-refractivity contribution in [2.24, 2.45) is 0 Å². The molecule has 1 aliphatic carbocycles. The van der Waals surface area contributed by atoms with Crippen molar-refractivity contribution in [1.82, 2.24) is 0 Å². The van der Waals surface area contributed by atoms with Gasteiger partial charge in [0.05, 0.1) is 0 Å². The quantitative estimate of drug-likeness (QED) is 0.798. The van der Waals surface area contributed by atoms with E-state index in [1.807, 2.05) is 43.3 Å². The van der Waals surface area contributed by atoms with E-state index in [4.69, 9.17) is 0 Å². The smallest absolute Gasteiger partial charge is 0.108 e. The lowest BCUT2D eigenvalue weighted by atomic mass is 9.80. The topological polar surface area (TPSA) is 20.2 Å². The van der Waals surface area contributed by atoms with Crippen LogP contribution in [0, 0.1) is 0 Å². The Hall–Kier alpha value is -1.34. The summed E-state index contributed by atoms with van der Waals surface area (Å²) in [6.07, 6.45) is 4.83. The second-order valence-corrected chi connectivity index (χ2v) is 4.59. The molecule has 2 rings (SSSR count). The molecule has 0 radical (unpaired) electrons. The molecule has 0 aromatic heterocycles. The van der Waals surface area contributed by atoms with E-state index in [-0.39, 0.29) is 0 Å². The maximum Gasteiger partial charge on any atom is 0.108 e. The predicted octanol–water partition coefficient (Wildman–Crippen LogP) is 3.56. The lowest BCUT2D eigenvalue weighted by molar-refractivity contribution is 0.0712. The third kappa shape index (κ3) is 2.10. The van der Waals surface area contributed by atoms with Crippen LogP contribution in [0.2, 0.25) is 0 Å². The van der Waals surface area contributed by atoms with E-state index >= 15 is 0 Å². The van der Waals surface area contributed by atoms with Crippen LogP contribution in [0.1, 0.15) is 31.7 Å². The van der Waals surface area contributed by atoms with Gasteiger partial charge in [0.2, 0.25) is 0 Å². The molecule has 1 N–H and O–H groups in total. The molecule has 1 aromatic carbocycles. The standard InChI is InChI=1S/C15H18O/c1-12(2)13-7-6-10-15(16,11-13)14-8-4-3-5-9-14/h3-5,8-9,11,16H,1,6-7,10H2,2H3. The van der Waals surface area contributed by atoms with E-state index < -0.39 is 5.60 Å². The van der Waals surface area contributed by atoms with E-state index in [0.717, 1.165) is 30.4 Å². The fourth-order valence-electron chi connectivity index (χ4n) is 2.27. The van der Waals surface area contributed by atoms with Crippen LogP contribution in [0.15, 0.2) is 54.1 Å². The van der Waals surface area contributed by atoms with Crippen LogP contribution >= 0.6 is 0 Å². The van der Waals surface area contributed by atoms with Crippen molar-refractivity contribution in [2.75, 3.05) is 0 Å². The summed E-state index contributed by atoms with van der Waals surface area (Å²) in [5.74, 6) is 0. The van der Waals surface area contributed by atoms with Gasteiger partial charge in [-0.3, -0.25) is 0 Å². The van der Waals surface area contributed by atoms with Gasteiger partial charge in [0.25, 0.3) is 0 Å². The zero-order valence-corrected chi connectivity index (χ0v) is 9.74. The molecule has 1 aromatic rings. The molecule has 0 saturated carbocycles. The molecule has 1 unspecified atom stereocenters. The van der Waals surface area contributed by atoms with E-state index in [1.165, 1.54) is 5.57 Å². The lowest BCUT2D eigenvalue weighted by Gasteiger charge is -2.31. The van der Waals surface area contributed by atoms with E-state index in [9.17, 15) is 5.11 Å². The molecule has 1 atom stereocenters. The molecule has 0 fully saturated rings. The molecule has 0 saturated heterocycles. The molecule has 1 nitrogen and oxygen atoms in total. The predicted molar refractivity (Wildman–Crippen MR) is 67.1 cm³/mol. The first-order valence-corrected chi connectivity index (χ1v) is 5.77. The summed E-state index contributed by atoms with van der Waals surface area (Å²) in [5, 5.41) is 10.6. The zero-order chi connectivity index (χ0) is 11.6. The average molecular weight is 214 g/mol. The summed E-state index contributed by atoms with van der Waals surface area (Å²) >= 11 is 0. The summed E-state index contributed by atoms with van der Waals surface area (Å²) in [4.78, 5) is 0. The van der Waals surface area contributed by atoms with Crippen molar-refractivity contribution < 1.29 is 5.11 Å². The van der Waals surface area contributed by atoms with Gasteiger partial charge in [0.1, 0.15) is 5.60 Å². The number of hydrogen-bond donors (Lipinski definition) is 1. The molecule has 84 valence electrons. The molecule has 0 aliphatic heterocycles. The Bertz CT molecular complexity index is 416. The van der Waals surface area contributed by atoms with Crippen LogP contribution in [-0.4, -0.2) is 5.11 Å².